The first-order valence-electron chi connectivity index (χ1n) is 11.7. The van der Waals surface area contributed by atoms with E-state index in [0.717, 1.165) is 19.8 Å². The van der Waals surface area contributed by atoms with Crippen LogP contribution in [0.15, 0.2) is 36.4 Å². The zero-order valence-corrected chi connectivity index (χ0v) is 20.7. The van der Waals surface area contributed by atoms with Crippen LogP contribution in [0.5, 0.6) is 11.5 Å². The number of carbonyl (C=O) groups is 2. The van der Waals surface area contributed by atoms with E-state index >= 15 is 0 Å². The maximum atomic E-state index is 13.8. The summed E-state index contributed by atoms with van der Waals surface area (Å²) >= 11 is 6.28. The molecule has 3 atom stereocenters. The lowest BCUT2D eigenvalue weighted by atomic mass is 9.85. The first-order valence-corrected chi connectivity index (χ1v) is 12.0. The van der Waals surface area contributed by atoms with Crippen LogP contribution in [0.2, 0.25) is 5.02 Å². The van der Waals surface area contributed by atoms with Crippen LogP contribution in [0.3, 0.4) is 0 Å². The van der Waals surface area contributed by atoms with E-state index in [-0.39, 0.29) is 40.3 Å². The zero-order chi connectivity index (χ0) is 26.4. The minimum absolute atomic E-state index is 0.0824. The predicted molar refractivity (Wildman–Crippen MR) is 128 cm³/mol. The molecule has 1 fully saturated rings. The summed E-state index contributed by atoms with van der Waals surface area (Å²) in [4.78, 5) is 24.7. The molecule has 3 unspecified atom stereocenters. The fourth-order valence-corrected chi connectivity index (χ4v) is 4.78. The second-order valence-electron chi connectivity index (χ2n) is 9.89. The van der Waals surface area contributed by atoms with Crippen molar-refractivity contribution in [1.29, 1.82) is 0 Å². The van der Waals surface area contributed by atoms with Crippen molar-refractivity contribution < 1.29 is 37.3 Å². The van der Waals surface area contributed by atoms with Crippen molar-refractivity contribution in [3.05, 3.63) is 52.5 Å². The van der Waals surface area contributed by atoms with Gasteiger partial charge in [-0.25, -0.2) is 0 Å². The van der Waals surface area contributed by atoms with Crippen molar-refractivity contribution in [2.75, 3.05) is 5.32 Å². The van der Waals surface area contributed by atoms with Crippen LogP contribution < -0.4 is 14.8 Å². The summed E-state index contributed by atoms with van der Waals surface area (Å²) in [6.45, 7) is 4.29. The van der Waals surface area contributed by atoms with Crippen LogP contribution in [0.4, 0.5) is 18.9 Å². The molecule has 4 rings (SSSR count). The number of carboxylic acids is 1. The Bertz CT molecular complexity index is 1180. The van der Waals surface area contributed by atoms with Crippen molar-refractivity contribution in [2.24, 2.45) is 11.8 Å². The predicted octanol–water partition coefficient (Wildman–Crippen LogP) is 6.74. The molecule has 1 heterocycles. The first-order chi connectivity index (χ1) is 16.7. The maximum Gasteiger partial charge on any atom is 0.392 e. The monoisotopic (exact) mass is 525 g/mol. The van der Waals surface area contributed by atoms with E-state index in [1.165, 1.54) is 24.3 Å². The van der Waals surface area contributed by atoms with Crippen molar-refractivity contribution in [3.8, 4) is 11.5 Å². The SMILES string of the molecule is CC(C(C(=O)Nc1cc(C(CC(=O)O)C2CC2)ccc1Cl)c1ccc2c(c1)OC(C)(C)O2)C(F)(F)F. The molecule has 2 aromatic rings. The summed E-state index contributed by atoms with van der Waals surface area (Å²) in [5.74, 6) is -5.85. The normalized spacial score (nSPS) is 18.9. The number of anilines is 1. The highest BCUT2D eigenvalue weighted by atomic mass is 35.5. The summed E-state index contributed by atoms with van der Waals surface area (Å²) in [6.07, 6.45) is -2.94. The summed E-state index contributed by atoms with van der Waals surface area (Å²) in [5, 5.41) is 12.0. The number of nitrogens with one attached hydrogen (secondary N) is 1. The second kappa shape index (κ2) is 9.50. The quantitative estimate of drug-likeness (QED) is 0.399. The van der Waals surface area contributed by atoms with Gasteiger partial charge in [-0.2, -0.15) is 13.2 Å². The Morgan fingerprint density at radius 2 is 1.75 bits per heavy atom. The highest BCUT2D eigenvalue weighted by molar-refractivity contribution is 6.33. The van der Waals surface area contributed by atoms with Crippen molar-refractivity contribution >= 4 is 29.2 Å². The van der Waals surface area contributed by atoms with Gasteiger partial charge in [0, 0.05) is 13.8 Å². The van der Waals surface area contributed by atoms with Gasteiger partial charge in [0.25, 0.3) is 0 Å². The molecule has 0 aromatic heterocycles. The number of aliphatic carboxylic acids is 1. The maximum absolute atomic E-state index is 13.8. The number of benzene rings is 2. The Morgan fingerprint density at radius 3 is 2.36 bits per heavy atom. The Hall–Kier alpha value is -2.94. The lowest BCUT2D eigenvalue weighted by Crippen LogP contribution is -2.34. The van der Waals surface area contributed by atoms with Gasteiger partial charge in [-0.1, -0.05) is 30.7 Å². The van der Waals surface area contributed by atoms with Crippen LogP contribution in [0.1, 0.15) is 63.0 Å². The van der Waals surface area contributed by atoms with Gasteiger partial charge in [0.05, 0.1) is 29.0 Å². The molecule has 10 heteroatoms. The number of halogens is 4. The molecule has 1 saturated carbocycles. The molecule has 1 aliphatic heterocycles. The van der Waals surface area contributed by atoms with E-state index in [1.807, 2.05) is 0 Å². The molecule has 0 spiro atoms. The van der Waals surface area contributed by atoms with E-state index in [9.17, 15) is 27.9 Å². The van der Waals surface area contributed by atoms with Crippen LogP contribution >= 0.6 is 11.6 Å². The molecule has 36 heavy (non-hydrogen) atoms. The summed E-state index contributed by atoms with van der Waals surface area (Å²) < 4.78 is 52.8. The molecule has 1 amide bonds. The van der Waals surface area contributed by atoms with Crippen molar-refractivity contribution in [3.63, 3.8) is 0 Å². The number of carbonyl (C=O) groups excluding carboxylic acids is 1. The van der Waals surface area contributed by atoms with E-state index < -0.39 is 35.7 Å². The van der Waals surface area contributed by atoms with Crippen LogP contribution in [0, 0.1) is 11.8 Å². The van der Waals surface area contributed by atoms with Gasteiger partial charge in [0.15, 0.2) is 11.5 Å². The van der Waals surface area contributed by atoms with Gasteiger partial charge >= 0.3 is 12.1 Å². The van der Waals surface area contributed by atoms with Crippen molar-refractivity contribution in [1.82, 2.24) is 0 Å². The number of fused-ring (bicyclic) bond motifs is 1. The number of carboxylic acid groups (broad SMARTS) is 1. The Morgan fingerprint density at radius 1 is 1.11 bits per heavy atom. The summed E-state index contributed by atoms with van der Waals surface area (Å²) in [6, 6.07) is 9.08. The molecule has 0 radical (unpaired) electrons. The zero-order valence-electron chi connectivity index (χ0n) is 20.0. The van der Waals surface area contributed by atoms with Gasteiger partial charge in [-0.3, -0.25) is 9.59 Å². The highest BCUT2D eigenvalue weighted by Gasteiger charge is 2.46. The minimum Gasteiger partial charge on any atom is -0.481 e. The second-order valence-corrected chi connectivity index (χ2v) is 10.3. The lowest BCUT2D eigenvalue weighted by molar-refractivity contribution is -0.178. The minimum atomic E-state index is -4.65. The van der Waals surface area contributed by atoms with Gasteiger partial charge in [-0.15, -0.1) is 0 Å². The fourth-order valence-electron chi connectivity index (χ4n) is 4.61. The Balaban J connectivity index is 1.65. The van der Waals surface area contributed by atoms with E-state index in [4.69, 9.17) is 21.1 Å². The number of amides is 1. The fraction of sp³-hybridized carbons (Fsp3) is 0.462. The molecule has 194 valence electrons. The number of hydrogen-bond acceptors (Lipinski definition) is 4. The molecular formula is C26H27ClF3NO5. The standard InChI is InChI=1S/C26H27ClF3NO5/c1-13(26(28,29)30)23(16-7-9-20-21(11-16)36-25(2,3)35-20)24(34)31-19-10-15(6-8-18(19)27)17(12-22(32)33)14-4-5-14/h6-11,13-14,17,23H,4-5,12H2,1-3H3,(H,31,34)(H,32,33). The number of rotatable bonds is 8. The number of ether oxygens (including phenoxy) is 2. The molecule has 0 saturated heterocycles. The molecular weight excluding hydrogens is 499 g/mol. The summed E-state index contributed by atoms with van der Waals surface area (Å²) in [7, 11) is 0. The third-order valence-corrected chi connectivity index (χ3v) is 6.93. The number of hydrogen-bond donors (Lipinski definition) is 2. The van der Waals surface area contributed by atoms with Crippen LogP contribution in [-0.4, -0.2) is 28.9 Å². The first kappa shape index (κ1) is 26.1. The van der Waals surface area contributed by atoms with Gasteiger partial charge in [0.1, 0.15) is 0 Å². The summed E-state index contributed by atoms with van der Waals surface area (Å²) in [5.41, 5.74) is 0.924. The third kappa shape index (κ3) is 5.72. The van der Waals surface area contributed by atoms with Gasteiger partial charge < -0.3 is 19.9 Å². The molecule has 0 bridgehead atoms. The molecule has 6 nitrogen and oxygen atoms in total. The van der Waals surface area contributed by atoms with E-state index in [0.29, 0.717) is 11.3 Å². The molecule has 2 N–H and O–H groups in total. The van der Waals surface area contributed by atoms with Crippen molar-refractivity contribution in [2.45, 2.75) is 63.8 Å². The molecule has 2 aromatic carbocycles. The van der Waals surface area contributed by atoms with Gasteiger partial charge in [0.2, 0.25) is 11.7 Å². The van der Waals surface area contributed by atoms with E-state index in [1.54, 1.807) is 26.0 Å². The Kier molecular flexibility index (Phi) is 6.90. The molecule has 2 aliphatic rings. The lowest BCUT2D eigenvalue weighted by Gasteiger charge is -2.26. The van der Waals surface area contributed by atoms with Crippen LogP contribution in [-0.2, 0) is 9.59 Å². The molecule has 1 aliphatic carbocycles. The van der Waals surface area contributed by atoms with Gasteiger partial charge in [-0.05, 0) is 60.1 Å². The Labute approximate surface area is 211 Å². The van der Waals surface area contributed by atoms with E-state index in [2.05, 4.69) is 5.32 Å². The third-order valence-electron chi connectivity index (χ3n) is 6.60. The number of alkyl halides is 3. The largest absolute Gasteiger partial charge is 0.481 e. The highest BCUT2D eigenvalue weighted by Crippen LogP contribution is 2.47. The average Bonchev–Trinajstić information content (AvgIpc) is 3.55. The average molecular weight is 526 g/mol. The topological polar surface area (TPSA) is 84.9 Å². The smallest absolute Gasteiger partial charge is 0.392 e. The van der Waals surface area contributed by atoms with Crippen LogP contribution in [0.25, 0.3) is 0 Å².